The highest BCUT2D eigenvalue weighted by Crippen LogP contribution is 2.30. The second-order valence-corrected chi connectivity index (χ2v) is 6.98. The minimum Gasteiger partial charge on any atom is -0.353 e. The fraction of sp³-hybridized carbons (Fsp3) is 0.611. The maximum Gasteiger partial charge on any atom is 0.229 e. The first-order valence-electron chi connectivity index (χ1n) is 8.24. The molecule has 1 aromatic rings. The van der Waals surface area contributed by atoms with E-state index in [0.29, 0.717) is 6.04 Å². The molecule has 0 atom stereocenters. The predicted molar refractivity (Wildman–Crippen MR) is 85.0 cm³/mol. The van der Waals surface area contributed by atoms with Crippen LogP contribution in [0, 0.1) is 11.3 Å². The van der Waals surface area contributed by atoms with Crippen molar-refractivity contribution in [3.8, 4) is 0 Å². The van der Waals surface area contributed by atoms with Crippen molar-refractivity contribution in [2.45, 2.75) is 45.1 Å². The molecule has 3 rings (SSSR count). The molecular formula is C18H26N2O. The zero-order valence-corrected chi connectivity index (χ0v) is 12.9. The molecule has 2 aliphatic rings. The van der Waals surface area contributed by atoms with Crippen LogP contribution < -0.4 is 10.6 Å². The fourth-order valence-electron chi connectivity index (χ4n) is 3.52. The summed E-state index contributed by atoms with van der Waals surface area (Å²) in [5.41, 5.74) is 1.02. The van der Waals surface area contributed by atoms with Crippen LogP contribution in [0.25, 0.3) is 0 Å². The van der Waals surface area contributed by atoms with Crippen molar-refractivity contribution in [1.82, 2.24) is 10.6 Å². The molecule has 0 aromatic heterocycles. The van der Waals surface area contributed by atoms with Crippen molar-refractivity contribution < 1.29 is 4.79 Å². The Hall–Kier alpha value is -1.35. The van der Waals surface area contributed by atoms with E-state index >= 15 is 0 Å². The molecule has 3 heteroatoms. The number of benzene rings is 1. The van der Waals surface area contributed by atoms with Gasteiger partial charge in [0.05, 0.1) is 5.41 Å². The third-order valence-corrected chi connectivity index (χ3v) is 5.14. The van der Waals surface area contributed by atoms with Crippen LogP contribution in [0.4, 0.5) is 0 Å². The molecule has 1 aliphatic heterocycles. The first kappa shape index (κ1) is 14.6. The van der Waals surface area contributed by atoms with E-state index in [-0.39, 0.29) is 11.3 Å². The Morgan fingerprint density at radius 2 is 1.86 bits per heavy atom. The van der Waals surface area contributed by atoms with Gasteiger partial charge in [0.1, 0.15) is 0 Å². The summed E-state index contributed by atoms with van der Waals surface area (Å²) in [6.45, 7) is 3.92. The van der Waals surface area contributed by atoms with E-state index in [9.17, 15) is 4.79 Å². The first-order chi connectivity index (χ1) is 10.2. The fourth-order valence-corrected chi connectivity index (χ4v) is 3.52. The summed E-state index contributed by atoms with van der Waals surface area (Å²) in [5, 5.41) is 6.61. The Morgan fingerprint density at radius 3 is 2.43 bits per heavy atom. The van der Waals surface area contributed by atoms with Gasteiger partial charge >= 0.3 is 0 Å². The molecule has 1 saturated heterocycles. The molecule has 1 aromatic carbocycles. The number of rotatable bonds is 4. The van der Waals surface area contributed by atoms with E-state index in [0.717, 1.165) is 38.3 Å². The summed E-state index contributed by atoms with van der Waals surface area (Å²) < 4.78 is 0. The Bertz CT molecular complexity index is 473. The molecule has 3 nitrogen and oxygen atoms in total. The number of nitrogens with one attached hydrogen (secondary N) is 2. The lowest BCUT2D eigenvalue weighted by Crippen LogP contribution is -2.63. The largest absolute Gasteiger partial charge is 0.353 e. The number of carbonyl (C=O) groups is 1. The lowest BCUT2D eigenvalue weighted by Gasteiger charge is -2.42. The summed E-state index contributed by atoms with van der Waals surface area (Å²) in [7, 11) is 0. The van der Waals surface area contributed by atoms with Crippen LogP contribution in [-0.4, -0.2) is 25.0 Å². The SMILES string of the molecule is CC1CCC(NC(=O)C2(Cc3ccccc3)CNC2)CC1. The van der Waals surface area contributed by atoms with Crippen molar-refractivity contribution >= 4 is 5.91 Å². The van der Waals surface area contributed by atoms with E-state index < -0.39 is 0 Å². The molecule has 0 unspecified atom stereocenters. The van der Waals surface area contributed by atoms with Crippen LogP contribution in [0.2, 0.25) is 0 Å². The highest BCUT2D eigenvalue weighted by Gasteiger charge is 2.44. The zero-order valence-electron chi connectivity index (χ0n) is 12.9. The monoisotopic (exact) mass is 286 g/mol. The van der Waals surface area contributed by atoms with Crippen LogP contribution in [0.3, 0.4) is 0 Å². The molecule has 21 heavy (non-hydrogen) atoms. The lowest BCUT2D eigenvalue weighted by molar-refractivity contribution is -0.135. The number of hydrogen-bond donors (Lipinski definition) is 2. The van der Waals surface area contributed by atoms with E-state index in [4.69, 9.17) is 0 Å². The number of carbonyl (C=O) groups excluding carboxylic acids is 1. The van der Waals surface area contributed by atoms with Gasteiger partial charge in [-0.1, -0.05) is 37.3 Å². The van der Waals surface area contributed by atoms with Crippen molar-refractivity contribution in [2.75, 3.05) is 13.1 Å². The van der Waals surface area contributed by atoms with E-state index in [2.05, 4.69) is 41.8 Å². The molecule has 0 spiro atoms. The van der Waals surface area contributed by atoms with Crippen molar-refractivity contribution in [2.24, 2.45) is 11.3 Å². The highest BCUT2D eigenvalue weighted by molar-refractivity contribution is 5.85. The van der Waals surface area contributed by atoms with Crippen molar-refractivity contribution in [3.05, 3.63) is 35.9 Å². The lowest BCUT2D eigenvalue weighted by atomic mass is 9.75. The topological polar surface area (TPSA) is 41.1 Å². The smallest absolute Gasteiger partial charge is 0.229 e. The quantitative estimate of drug-likeness (QED) is 0.893. The summed E-state index contributed by atoms with van der Waals surface area (Å²) >= 11 is 0. The standard InChI is InChI=1S/C18H26N2O/c1-14-7-9-16(10-8-14)20-17(21)18(12-19-13-18)11-15-5-3-2-4-6-15/h2-6,14,16,19H,7-13H2,1H3,(H,20,21). The van der Waals surface area contributed by atoms with Gasteiger partial charge in [-0.3, -0.25) is 4.79 Å². The van der Waals surface area contributed by atoms with Crippen molar-refractivity contribution in [1.29, 1.82) is 0 Å². The molecule has 2 fully saturated rings. The second kappa shape index (κ2) is 6.18. The van der Waals surface area contributed by atoms with Gasteiger partial charge in [0, 0.05) is 19.1 Å². The zero-order chi connectivity index (χ0) is 14.7. The van der Waals surface area contributed by atoms with Gasteiger partial charge in [-0.25, -0.2) is 0 Å². The molecule has 2 N–H and O–H groups in total. The second-order valence-electron chi connectivity index (χ2n) is 6.98. The van der Waals surface area contributed by atoms with Crippen LogP contribution in [0.15, 0.2) is 30.3 Å². The van der Waals surface area contributed by atoms with E-state index in [1.54, 1.807) is 0 Å². The van der Waals surface area contributed by atoms with Crippen LogP contribution in [0.5, 0.6) is 0 Å². The Labute approximate surface area is 127 Å². The van der Waals surface area contributed by atoms with E-state index in [1.165, 1.54) is 18.4 Å². The van der Waals surface area contributed by atoms with Crippen molar-refractivity contribution in [3.63, 3.8) is 0 Å². The third kappa shape index (κ3) is 3.29. The van der Waals surface area contributed by atoms with Gasteiger partial charge in [0.2, 0.25) is 5.91 Å². The van der Waals surface area contributed by atoms with Gasteiger partial charge in [0.15, 0.2) is 0 Å². The van der Waals surface area contributed by atoms with Gasteiger partial charge < -0.3 is 10.6 Å². The Kier molecular flexibility index (Phi) is 4.29. The van der Waals surface area contributed by atoms with Gasteiger partial charge in [0.25, 0.3) is 0 Å². The van der Waals surface area contributed by atoms with Gasteiger partial charge in [-0.15, -0.1) is 0 Å². The van der Waals surface area contributed by atoms with E-state index in [1.807, 2.05) is 6.07 Å². The predicted octanol–water partition coefficient (Wildman–Crippen LogP) is 2.51. The van der Waals surface area contributed by atoms with Crippen LogP contribution in [-0.2, 0) is 11.2 Å². The Balaban J connectivity index is 1.61. The Morgan fingerprint density at radius 1 is 1.19 bits per heavy atom. The molecular weight excluding hydrogens is 260 g/mol. The molecule has 114 valence electrons. The summed E-state index contributed by atoms with van der Waals surface area (Å²) in [6.07, 6.45) is 5.61. The molecule has 0 radical (unpaired) electrons. The third-order valence-electron chi connectivity index (χ3n) is 5.14. The maximum absolute atomic E-state index is 12.8. The average molecular weight is 286 g/mol. The number of hydrogen-bond acceptors (Lipinski definition) is 2. The van der Waals surface area contributed by atoms with Crippen LogP contribution >= 0.6 is 0 Å². The minimum atomic E-state index is -0.232. The molecule has 0 bridgehead atoms. The first-order valence-corrected chi connectivity index (χ1v) is 8.24. The summed E-state index contributed by atoms with van der Waals surface area (Å²) in [5.74, 6) is 1.08. The van der Waals surface area contributed by atoms with Crippen LogP contribution in [0.1, 0.15) is 38.2 Å². The number of amides is 1. The molecule has 1 aliphatic carbocycles. The summed E-state index contributed by atoms with van der Waals surface area (Å²) in [4.78, 5) is 12.8. The molecule has 1 saturated carbocycles. The average Bonchev–Trinajstić information content (AvgIpc) is 2.46. The normalized spacial score (nSPS) is 27.7. The van der Waals surface area contributed by atoms with Gasteiger partial charge in [-0.05, 0) is 43.6 Å². The highest BCUT2D eigenvalue weighted by atomic mass is 16.2. The maximum atomic E-state index is 12.8. The summed E-state index contributed by atoms with van der Waals surface area (Å²) in [6, 6.07) is 10.8. The minimum absolute atomic E-state index is 0.232. The molecule has 1 amide bonds. The van der Waals surface area contributed by atoms with Gasteiger partial charge in [-0.2, -0.15) is 0 Å². The molecule has 1 heterocycles.